The second-order valence-electron chi connectivity index (χ2n) is 4.75. The van der Waals surface area contributed by atoms with Crippen LogP contribution >= 0.6 is 0 Å². The number of hydrogen-bond acceptors (Lipinski definition) is 2. The number of aromatic nitrogens is 4. The van der Waals surface area contributed by atoms with E-state index in [0.29, 0.717) is 6.54 Å². The molecule has 19 heavy (non-hydrogen) atoms. The summed E-state index contributed by atoms with van der Waals surface area (Å²) in [5, 5.41) is 4.14. The van der Waals surface area contributed by atoms with E-state index < -0.39 is 0 Å². The average Bonchev–Trinajstić information content (AvgIpc) is 2.93. The fourth-order valence-electron chi connectivity index (χ4n) is 2.42. The third-order valence-electron chi connectivity index (χ3n) is 3.43. The SMILES string of the molecule is Cn1cc(CCn2c(=O)n(C)c3ccccc32)cn1. The molecule has 0 aliphatic carbocycles. The third-order valence-corrected chi connectivity index (χ3v) is 3.43. The lowest BCUT2D eigenvalue weighted by Crippen LogP contribution is -2.23. The van der Waals surface area contributed by atoms with Crippen LogP contribution in [-0.2, 0) is 27.1 Å². The molecule has 0 spiro atoms. The van der Waals surface area contributed by atoms with Gasteiger partial charge in [0.05, 0.1) is 17.2 Å². The molecule has 3 aromatic rings. The molecule has 5 heteroatoms. The molecule has 5 nitrogen and oxygen atoms in total. The number of benzene rings is 1. The molecule has 0 N–H and O–H groups in total. The Kier molecular flexibility index (Phi) is 2.74. The maximum Gasteiger partial charge on any atom is 0.328 e. The highest BCUT2D eigenvalue weighted by atomic mass is 16.1. The van der Waals surface area contributed by atoms with Crippen LogP contribution in [0.1, 0.15) is 5.56 Å². The van der Waals surface area contributed by atoms with Crippen molar-refractivity contribution in [3.63, 3.8) is 0 Å². The minimum absolute atomic E-state index is 0.0325. The molecule has 0 aliphatic heterocycles. The summed E-state index contributed by atoms with van der Waals surface area (Å²) in [5.74, 6) is 0. The molecule has 2 aromatic heterocycles. The molecule has 0 aliphatic rings. The summed E-state index contributed by atoms with van der Waals surface area (Å²) in [4.78, 5) is 12.2. The van der Waals surface area contributed by atoms with E-state index in [1.54, 1.807) is 9.25 Å². The summed E-state index contributed by atoms with van der Waals surface area (Å²) in [6.45, 7) is 0.673. The fraction of sp³-hybridized carbons (Fsp3) is 0.286. The monoisotopic (exact) mass is 256 g/mol. The van der Waals surface area contributed by atoms with Gasteiger partial charge in [0.15, 0.2) is 0 Å². The van der Waals surface area contributed by atoms with Crippen LogP contribution < -0.4 is 5.69 Å². The molecule has 98 valence electrons. The number of hydrogen-bond donors (Lipinski definition) is 0. The van der Waals surface area contributed by atoms with E-state index in [1.165, 1.54) is 0 Å². The van der Waals surface area contributed by atoms with Crippen molar-refractivity contribution in [2.75, 3.05) is 0 Å². The van der Waals surface area contributed by atoms with Crippen LogP contribution in [0, 0.1) is 0 Å². The molecule has 0 saturated heterocycles. The first-order chi connectivity index (χ1) is 9.16. The smallest absolute Gasteiger partial charge is 0.295 e. The molecular formula is C14H16N4O. The van der Waals surface area contributed by atoms with Crippen molar-refractivity contribution in [1.29, 1.82) is 0 Å². The Bertz CT molecular complexity index is 778. The van der Waals surface area contributed by atoms with Crippen LogP contribution in [0.2, 0.25) is 0 Å². The first kappa shape index (κ1) is 11.8. The molecule has 0 saturated carbocycles. The number of aryl methyl sites for hydroxylation is 4. The van der Waals surface area contributed by atoms with Gasteiger partial charge in [0.2, 0.25) is 0 Å². The lowest BCUT2D eigenvalue weighted by Gasteiger charge is -2.01. The number of nitrogens with zero attached hydrogens (tertiary/aromatic N) is 4. The second-order valence-corrected chi connectivity index (χ2v) is 4.75. The number of fused-ring (bicyclic) bond motifs is 1. The molecule has 0 radical (unpaired) electrons. The minimum Gasteiger partial charge on any atom is -0.295 e. The molecular weight excluding hydrogens is 240 g/mol. The molecule has 0 fully saturated rings. The fourth-order valence-corrected chi connectivity index (χ4v) is 2.42. The van der Waals surface area contributed by atoms with Crippen molar-refractivity contribution in [3.05, 3.63) is 52.7 Å². The van der Waals surface area contributed by atoms with Crippen LogP contribution in [0.4, 0.5) is 0 Å². The molecule has 0 bridgehead atoms. The standard InChI is InChI=1S/C14H16N4O/c1-16-10-11(9-15-16)7-8-18-13-6-4-3-5-12(13)17(2)14(18)19/h3-6,9-10H,7-8H2,1-2H3. The third kappa shape index (κ3) is 1.97. The number of imidazole rings is 1. The Morgan fingerprint density at radius 3 is 2.58 bits per heavy atom. The number of rotatable bonds is 3. The summed E-state index contributed by atoms with van der Waals surface area (Å²) in [5.41, 5.74) is 3.13. The van der Waals surface area contributed by atoms with Gasteiger partial charge >= 0.3 is 5.69 Å². The van der Waals surface area contributed by atoms with E-state index in [1.807, 2.05) is 55.3 Å². The van der Waals surface area contributed by atoms with Gasteiger partial charge in [-0.05, 0) is 24.1 Å². The molecule has 2 heterocycles. The summed E-state index contributed by atoms with van der Waals surface area (Å²) < 4.78 is 5.29. The van der Waals surface area contributed by atoms with Gasteiger partial charge in [0.1, 0.15) is 0 Å². The minimum atomic E-state index is 0.0325. The molecule has 0 unspecified atom stereocenters. The van der Waals surface area contributed by atoms with E-state index in [0.717, 1.165) is 23.0 Å². The van der Waals surface area contributed by atoms with Crippen molar-refractivity contribution >= 4 is 11.0 Å². The van der Waals surface area contributed by atoms with Gasteiger partial charge in [-0.15, -0.1) is 0 Å². The van der Waals surface area contributed by atoms with Crippen LogP contribution in [0.15, 0.2) is 41.5 Å². The van der Waals surface area contributed by atoms with Crippen molar-refractivity contribution < 1.29 is 0 Å². The molecule has 1 aromatic carbocycles. The maximum absolute atomic E-state index is 12.2. The van der Waals surface area contributed by atoms with E-state index in [4.69, 9.17) is 0 Å². The normalized spacial score (nSPS) is 11.3. The Balaban J connectivity index is 1.97. The van der Waals surface area contributed by atoms with E-state index in [2.05, 4.69) is 5.10 Å². The van der Waals surface area contributed by atoms with Crippen molar-refractivity contribution in [3.8, 4) is 0 Å². The zero-order valence-corrected chi connectivity index (χ0v) is 11.1. The summed E-state index contributed by atoms with van der Waals surface area (Å²) >= 11 is 0. The quantitative estimate of drug-likeness (QED) is 0.709. The predicted octanol–water partition coefficient (Wildman–Crippen LogP) is 1.32. The van der Waals surface area contributed by atoms with Crippen molar-refractivity contribution in [2.45, 2.75) is 13.0 Å². The van der Waals surface area contributed by atoms with Gasteiger partial charge in [-0.1, -0.05) is 12.1 Å². The van der Waals surface area contributed by atoms with Crippen LogP contribution in [0.5, 0.6) is 0 Å². The number of para-hydroxylation sites is 2. The van der Waals surface area contributed by atoms with Gasteiger partial charge < -0.3 is 0 Å². The highest BCUT2D eigenvalue weighted by molar-refractivity contribution is 5.75. The van der Waals surface area contributed by atoms with Gasteiger partial charge in [-0.2, -0.15) is 5.10 Å². The summed E-state index contributed by atoms with van der Waals surface area (Å²) in [6.07, 6.45) is 4.63. The van der Waals surface area contributed by atoms with Gasteiger partial charge in [-0.3, -0.25) is 13.8 Å². The first-order valence-corrected chi connectivity index (χ1v) is 6.28. The zero-order valence-electron chi connectivity index (χ0n) is 11.1. The summed E-state index contributed by atoms with van der Waals surface area (Å²) in [6, 6.07) is 7.87. The van der Waals surface area contributed by atoms with E-state index in [9.17, 15) is 4.79 Å². The Morgan fingerprint density at radius 1 is 1.16 bits per heavy atom. The van der Waals surface area contributed by atoms with Gasteiger partial charge in [0, 0.05) is 26.8 Å². The molecule has 0 amide bonds. The second kappa shape index (κ2) is 4.42. The zero-order chi connectivity index (χ0) is 13.4. The topological polar surface area (TPSA) is 44.8 Å². The average molecular weight is 256 g/mol. The van der Waals surface area contributed by atoms with Crippen LogP contribution in [0.25, 0.3) is 11.0 Å². The Hall–Kier alpha value is -2.30. The molecule has 0 atom stereocenters. The highest BCUT2D eigenvalue weighted by Crippen LogP contribution is 2.12. The van der Waals surface area contributed by atoms with Crippen molar-refractivity contribution in [2.24, 2.45) is 14.1 Å². The molecule has 3 rings (SSSR count). The van der Waals surface area contributed by atoms with Gasteiger partial charge in [-0.25, -0.2) is 4.79 Å². The van der Waals surface area contributed by atoms with Crippen LogP contribution in [0.3, 0.4) is 0 Å². The van der Waals surface area contributed by atoms with Crippen LogP contribution in [-0.4, -0.2) is 18.9 Å². The Morgan fingerprint density at radius 2 is 1.89 bits per heavy atom. The first-order valence-electron chi connectivity index (χ1n) is 6.28. The highest BCUT2D eigenvalue weighted by Gasteiger charge is 2.09. The van der Waals surface area contributed by atoms with Crippen molar-refractivity contribution in [1.82, 2.24) is 18.9 Å². The lowest BCUT2D eigenvalue weighted by atomic mass is 10.2. The predicted molar refractivity (Wildman–Crippen MR) is 74.1 cm³/mol. The Labute approximate surface area is 110 Å². The van der Waals surface area contributed by atoms with E-state index >= 15 is 0 Å². The largest absolute Gasteiger partial charge is 0.328 e. The van der Waals surface area contributed by atoms with E-state index in [-0.39, 0.29) is 5.69 Å². The lowest BCUT2D eigenvalue weighted by molar-refractivity contribution is 0.665. The van der Waals surface area contributed by atoms with Gasteiger partial charge in [0.25, 0.3) is 0 Å². The summed E-state index contributed by atoms with van der Waals surface area (Å²) in [7, 11) is 3.71. The maximum atomic E-state index is 12.2.